The molecule has 1 aromatic heterocycles. The molecule has 7 heteroatoms. The Bertz CT molecular complexity index is 708. The van der Waals surface area contributed by atoms with E-state index in [4.69, 9.17) is 5.14 Å². The maximum absolute atomic E-state index is 13.2. The number of benzene rings is 1. The smallest absolute Gasteiger partial charge is 0.223 e. The summed E-state index contributed by atoms with van der Waals surface area (Å²) in [4.78, 5) is 0. The molecule has 0 bridgehead atoms. The summed E-state index contributed by atoms with van der Waals surface area (Å²) in [6.45, 7) is 3.76. The van der Waals surface area contributed by atoms with E-state index in [0.29, 0.717) is 11.4 Å². The average Bonchev–Trinajstić information content (AvgIpc) is 2.73. The van der Waals surface area contributed by atoms with E-state index in [1.165, 1.54) is 24.3 Å². The maximum atomic E-state index is 13.2. The lowest BCUT2D eigenvalue weighted by molar-refractivity contribution is 0.585. The highest BCUT2D eigenvalue weighted by atomic mass is 32.2. The number of rotatable bonds is 3. The van der Waals surface area contributed by atoms with Crippen molar-refractivity contribution in [2.75, 3.05) is 0 Å². The van der Waals surface area contributed by atoms with Gasteiger partial charge in [0, 0.05) is 6.07 Å². The number of sulfonamides is 1. The third-order valence-electron chi connectivity index (χ3n) is 2.63. The van der Waals surface area contributed by atoms with E-state index in [0.717, 1.165) is 4.68 Å². The van der Waals surface area contributed by atoms with Crippen molar-refractivity contribution < 1.29 is 12.8 Å². The molecule has 0 radical (unpaired) electrons. The highest BCUT2D eigenvalue weighted by molar-refractivity contribution is 7.89. The van der Waals surface area contributed by atoms with Gasteiger partial charge in [-0.3, -0.25) is 0 Å². The van der Waals surface area contributed by atoms with Crippen LogP contribution in [0.5, 0.6) is 0 Å². The molecule has 2 rings (SSSR count). The van der Waals surface area contributed by atoms with Crippen LogP contribution in [0.15, 0.2) is 35.4 Å². The highest BCUT2D eigenvalue weighted by Crippen LogP contribution is 2.21. The van der Waals surface area contributed by atoms with Gasteiger partial charge < -0.3 is 0 Å². The predicted molar refractivity (Wildman–Crippen MR) is 69.0 cm³/mol. The second kappa shape index (κ2) is 4.75. The first kappa shape index (κ1) is 13.7. The Kier molecular flexibility index (Phi) is 3.42. The lowest BCUT2D eigenvalue weighted by Crippen LogP contribution is -2.17. The molecular formula is C12H14FN3O2S. The first-order chi connectivity index (χ1) is 8.79. The molecule has 2 aromatic rings. The number of aromatic nitrogens is 2. The maximum Gasteiger partial charge on any atom is 0.255 e. The minimum Gasteiger partial charge on any atom is -0.223 e. The quantitative estimate of drug-likeness (QED) is 0.932. The minimum absolute atomic E-state index is 0.0373. The largest absolute Gasteiger partial charge is 0.255 e. The van der Waals surface area contributed by atoms with Crippen molar-refractivity contribution in [3.05, 3.63) is 41.8 Å². The number of primary sulfonamides is 1. The summed E-state index contributed by atoms with van der Waals surface area (Å²) in [7, 11) is -3.93. The summed E-state index contributed by atoms with van der Waals surface area (Å²) in [6, 6.07) is 6.92. The summed E-state index contributed by atoms with van der Waals surface area (Å²) in [5, 5.41) is 9.19. The Labute approximate surface area is 110 Å². The highest BCUT2D eigenvalue weighted by Gasteiger charge is 2.20. The Morgan fingerprint density at radius 3 is 2.53 bits per heavy atom. The zero-order chi connectivity index (χ0) is 14.2. The number of halogens is 1. The number of nitrogens with two attached hydrogens (primary N) is 1. The molecule has 0 fully saturated rings. The SMILES string of the molecule is CC(C)c1cc(S(N)(=O)=O)n(-c2cccc(F)c2)n1. The molecule has 0 amide bonds. The van der Waals surface area contributed by atoms with Crippen LogP contribution in [-0.2, 0) is 10.0 Å². The fraction of sp³-hybridized carbons (Fsp3) is 0.250. The van der Waals surface area contributed by atoms with Crippen molar-refractivity contribution in [3.8, 4) is 5.69 Å². The van der Waals surface area contributed by atoms with Gasteiger partial charge >= 0.3 is 0 Å². The van der Waals surface area contributed by atoms with Gasteiger partial charge in [0.15, 0.2) is 5.03 Å². The molecule has 2 N–H and O–H groups in total. The van der Waals surface area contributed by atoms with Crippen molar-refractivity contribution >= 4 is 10.0 Å². The van der Waals surface area contributed by atoms with Crippen LogP contribution >= 0.6 is 0 Å². The standard InChI is InChI=1S/C12H14FN3O2S/c1-8(2)11-7-12(19(14,17)18)16(15-11)10-5-3-4-9(13)6-10/h3-8H,1-2H3,(H2,14,17,18). The molecule has 0 spiro atoms. The van der Waals surface area contributed by atoms with E-state index in [1.54, 1.807) is 6.07 Å². The van der Waals surface area contributed by atoms with Gasteiger partial charge in [0.1, 0.15) is 5.82 Å². The Morgan fingerprint density at radius 1 is 1.32 bits per heavy atom. The van der Waals surface area contributed by atoms with Gasteiger partial charge in [0.25, 0.3) is 10.0 Å². The van der Waals surface area contributed by atoms with Crippen LogP contribution in [0.25, 0.3) is 5.69 Å². The van der Waals surface area contributed by atoms with Gasteiger partial charge in [-0.25, -0.2) is 22.6 Å². The van der Waals surface area contributed by atoms with E-state index in [9.17, 15) is 12.8 Å². The lowest BCUT2D eigenvalue weighted by atomic mass is 10.1. The molecule has 0 saturated carbocycles. The van der Waals surface area contributed by atoms with Gasteiger partial charge in [0.2, 0.25) is 0 Å². The summed E-state index contributed by atoms with van der Waals surface area (Å²) in [5.41, 5.74) is 0.893. The molecule has 0 atom stereocenters. The topological polar surface area (TPSA) is 78.0 Å². The van der Waals surface area contributed by atoms with Crippen LogP contribution in [0.3, 0.4) is 0 Å². The van der Waals surface area contributed by atoms with E-state index in [-0.39, 0.29) is 10.9 Å². The molecule has 0 aliphatic heterocycles. The number of nitrogens with zero attached hydrogens (tertiary/aromatic N) is 2. The second-order valence-electron chi connectivity index (χ2n) is 4.50. The van der Waals surface area contributed by atoms with E-state index in [1.807, 2.05) is 13.8 Å². The van der Waals surface area contributed by atoms with E-state index >= 15 is 0 Å². The second-order valence-corrected chi connectivity index (χ2v) is 6.01. The predicted octanol–water partition coefficient (Wildman–Crippen LogP) is 1.78. The molecule has 0 saturated heterocycles. The third-order valence-corrected chi connectivity index (χ3v) is 3.51. The first-order valence-corrected chi connectivity index (χ1v) is 7.22. The molecule has 1 aromatic carbocycles. The van der Waals surface area contributed by atoms with Crippen molar-refractivity contribution in [3.63, 3.8) is 0 Å². The van der Waals surface area contributed by atoms with Crippen LogP contribution in [0.2, 0.25) is 0 Å². The van der Waals surface area contributed by atoms with E-state index in [2.05, 4.69) is 5.10 Å². The van der Waals surface area contributed by atoms with E-state index < -0.39 is 15.8 Å². The lowest BCUT2D eigenvalue weighted by Gasteiger charge is -2.05. The average molecular weight is 283 g/mol. The summed E-state index contributed by atoms with van der Waals surface area (Å²) in [5.74, 6) is -0.435. The van der Waals surface area contributed by atoms with Crippen molar-refractivity contribution in [2.24, 2.45) is 5.14 Å². The normalized spacial score (nSPS) is 12.1. The fourth-order valence-corrected chi connectivity index (χ4v) is 2.33. The van der Waals surface area contributed by atoms with Crippen molar-refractivity contribution in [1.29, 1.82) is 0 Å². The van der Waals surface area contributed by atoms with Gasteiger partial charge in [-0.05, 0) is 24.1 Å². The third kappa shape index (κ3) is 2.82. The van der Waals surface area contributed by atoms with Gasteiger partial charge in [-0.1, -0.05) is 19.9 Å². The Morgan fingerprint density at radius 2 is 2.00 bits per heavy atom. The zero-order valence-corrected chi connectivity index (χ0v) is 11.4. The number of hydrogen-bond acceptors (Lipinski definition) is 3. The Hall–Kier alpha value is -1.73. The van der Waals surface area contributed by atoms with Gasteiger partial charge in [-0.15, -0.1) is 0 Å². The molecule has 1 heterocycles. The molecule has 0 unspecified atom stereocenters. The molecule has 19 heavy (non-hydrogen) atoms. The molecule has 0 aliphatic carbocycles. The molecule has 5 nitrogen and oxygen atoms in total. The minimum atomic E-state index is -3.93. The van der Waals surface area contributed by atoms with Crippen LogP contribution in [0.4, 0.5) is 4.39 Å². The summed E-state index contributed by atoms with van der Waals surface area (Å²) < 4.78 is 37.5. The first-order valence-electron chi connectivity index (χ1n) is 5.68. The van der Waals surface area contributed by atoms with Crippen LogP contribution in [0.1, 0.15) is 25.5 Å². The molecule has 0 aliphatic rings. The van der Waals surface area contributed by atoms with Crippen molar-refractivity contribution in [2.45, 2.75) is 24.8 Å². The van der Waals surface area contributed by atoms with Gasteiger partial charge in [0.05, 0.1) is 11.4 Å². The monoisotopic (exact) mass is 283 g/mol. The fourth-order valence-electron chi connectivity index (χ4n) is 1.66. The van der Waals surface area contributed by atoms with Gasteiger partial charge in [-0.2, -0.15) is 5.10 Å². The molecule has 102 valence electrons. The molecular weight excluding hydrogens is 269 g/mol. The van der Waals surface area contributed by atoms with Crippen LogP contribution < -0.4 is 5.14 Å². The number of hydrogen-bond donors (Lipinski definition) is 1. The summed E-state index contributed by atoms with van der Waals surface area (Å²) in [6.07, 6.45) is 0. The summed E-state index contributed by atoms with van der Waals surface area (Å²) >= 11 is 0. The van der Waals surface area contributed by atoms with Crippen LogP contribution in [-0.4, -0.2) is 18.2 Å². The van der Waals surface area contributed by atoms with Crippen LogP contribution in [0, 0.1) is 5.82 Å². The Balaban J connectivity index is 2.68. The zero-order valence-electron chi connectivity index (χ0n) is 10.5. The van der Waals surface area contributed by atoms with Crippen molar-refractivity contribution in [1.82, 2.24) is 9.78 Å².